The van der Waals surface area contributed by atoms with Crippen LogP contribution < -0.4 is 9.47 Å². The molecule has 2 atom stereocenters. The summed E-state index contributed by atoms with van der Waals surface area (Å²) in [6.45, 7) is 15.6. The first-order chi connectivity index (χ1) is 18.7. The van der Waals surface area contributed by atoms with Gasteiger partial charge in [0, 0.05) is 50.8 Å². The average molecular weight is 536 g/mol. The number of ether oxygens (including phenoxy) is 3. The van der Waals surface area contributed by atoms with Crippen molar-refractivity contribution in [3.63, 3.8) is 0 Å². The number of amides is 1. The van der Waals surface area contributed by atoms with E-state index < -0.39 is 5.60 Å². The van der Waals surface area contributed by atoms with Gasteiger partial charge in [-0.3, -0.25) is 9.80 Å². The quantitative estimate of drug-likeness (QED) is 0.475. The van der Waals surface area contributed by atoms with Crippen LogP contribution in [0.4, 0.5) is 4.79 Å². The van der Waals surface area contributed by atoms with Crippen molar-refractivity contribution in [3.05, 3.63) is 59.2 Å². The van der Waals surface area contributed by atoms with Crippen LogP contribution in [0.5, 0.6) is 11.5 Å². The maximum Gasteiger partial charge on any atom is 0.410 e. The third-order valence-electron chi connectivity index (χ3n) is 8.44. The van der Waals surface area contributed by atoms with Gasteiger partial charge in [0.25, 0.3) is 0 Å². The molecule has 0 N–H and O–H groups in total. The molecular weight excluding hydrogens is 490 g/mol. The van der Waals surface area contributed by atoms with Crippen molar-refractivity contribution in [3.8, 4) is 11.5 Å². The maximum atomic E-state index is 12.4. The smallest absolute Gasteiger partial charge is 0.410 e. The van der Waals surface area contributed by atoms with E-state index in [4.69, 9.17) is 14.2 Å². The Morgan fingerprint density at radius 2 is 1.62 bits per heavy atom. The molecule has 0 saturated carbocycles. The van der Waals surface area contributed by atoms with Crippen molar-refractivity contribution in [2.24, 2.45) is 0 Å². The number of piperidine rings is 1. The summed E-state index contributed by atoms with van der Waals surface area (Å²) in [7, 11) is 0. The van der Waals surface area contributed by atoms with Gasteiger partial charge in [-0.15, -0.1) is 0 Å². The largest absolute Gasteiger partial charge is 0.454 e. The summed E-state index contributed by atoms with van der Waals surface area (Å²) < 4.78 is 16.5. The molecule has 2 saturated heterocycles. The molecule has 3 heterocycles. The Bertz CT molecular complexity index is 1120. The highest BCUT2D eigenvalue weighted by molar-refractivity contribution is 5.68. The van der Waals surface area contributed by atoms with Crippen LogP contribution >= 0.6 is 0 Å². The number of hydrogen-bond donors (Lipinski definition) is 0. The minimum atomic E-state index is -0.440. The van der Waals surface area contributed by atoms with Gasteiger partial charge in [-0.05, 0) is 89.1 Å². The number of piperazine rings is 1. The molecule has 0 radical (unpaired) electrons. The minimum Gasteiger partial charge on any atom is -0.454 e. The highest BCUT2D eigenvalue weighted by atomic mass is 16.7. The Balaban J connectivity index is 1.09. The Morgan fingerprint density at radius 3 is 2.31 bits per heavy atom. The van der Waals surface area contributed by atoms with Gasteiger partial charge in [-0.1, -0.05) is 30.3 Å². The molecule has 2 aromatic carbocycles. The van der Waals surface area contributed by atoms with Gasteiger partial charge in [0.2, 0.25) is 6.79 Å². The normalized spacial score (nSPS) is 21.7. The molecule has 5 rings (SSSR count). The molecule has 2 aromatic rings. The summed E-state index contributed by atoms with van der Waals surface area (Å²) in [6.07, 6.45) is 3.87. The first-order valence-electron chi connectivity index (χ1n) is 14.6. The summed E-state index contributed by atoms with van der Waals surface area (Å²) in [5.74, 6) is 1.70. The third kappa shape index (κ3) is 6.87. The predicted octanol–water partition coefficient (Wildman–Crippen LogP) is 5.67. The van der Waals surface area contributed by atoms with Crippen molar-refractivity contribution in [1.29, 1.82) is 0 Å². The Kier molecular flexibility index (Phi) is 8.38. The number of carbonyl (C=O) groups is 1. The number of hydrogen-bond acceptors (Lipinski definition) is 6. The molecule has 2 fully saturated rings. The van der Waals surface area contributed by atoms with Gasteiger partial charge < -0.3 is 19.1 Å². The van der Waals surface area contributed by atoms with E-state index in [9.17, 15) is 4.79 Å². The second kappa shape index (κ2) is 11.8. The van der Waals surface area contributed by atoms with E-state index in [2.05, 4.69) is 60.0 Å². The molecule has 0 unspecified atom stereocenters. The van der Waals surface area contributed by atoms with Gasteiger partial charge in [0.15, 0.2) is 11.5 Å². The molecule has 3 aliphatic heterocycles. The topological polar surface area (TPSA) is 54.5 Å². The lowest BCUT2D eigenvalue weighted by atomic mass is 9.97. The number of aryl methyl sites for hydroxylation is 2. The fraction of sp³-hybridized carbons (Fsp3) is 0.594. The number of rotatable bonds is 6. The SMILES string of the molecule is C[C@@H]1CN(C2CCN(C(=O)OC(C)(C)C)CC2)CCN1[C@@H](C)c1ccc(CCc2ccc3c(c2)OCO3)cc1. The van der Waals surface area contributed by atoms with Crippen LogP contribution in [0.3, 0.4) is 0 Å². The minimum absolute atomic E-state index is 0.174. The highest BCUT2D eigenvalue weighted by Gasteiger charge is 2.34. The molecule has 3 aliphatic rings. The summed E-state index contributed by atoms with van der Waals surface area (Å²) in [4.78, 5) is 19.6. The number of nitrogens with zero attached hydrogens (tertiary/aromatic N) is 3. The maximum absolute atomic E-state index is 12.4. The molecule has 212 valence electrons. The molecule has 7 nitrogen and oxygen atoms in total. The lowest BCUT2D eigenvalue weighted by molar-refractivity contribution is -0.00206. The molecular formula is C32H45N3O4. The third-order valence-corrected chi connectivity index (χ3v) is 8.44. The highest BCUT2D eigenvalue weighted by Crippen LogP contribution is 2.33. The summed E-state index contributed by atoms with van der Waals surface area (Å²) in [6, 6.07) is 16.9. The van der Waals surface area contributed by atoms with Crippen LogP contribution in [-0.2, 0) is 17.6 Å². The fourth-order valence-electron chi connectivity index (χ4n) is 6.19. The average Bonchev–Trinajstić information content (AvgIpc) is 3.39. The lowest BCUT2D eigenvalue weighted by Crippen LogP contribution is -2.57. The standard InChI is InChI=1S/C32H45N3O4/c1-23-21-34(28-14-16-33(17-15-28)31(36)39-32(3,4)5)18-19-35(23)24(2)27-11-8-25(9-12-27)6-7-26-10-13-29-30(20-26)38-22-37-29/h8-13,20,23-24,28H,6-7,14-19,21-22H2,1-5H3/t23-,24+/m1/s1. The first kappa shape index (κ1) is 27.8. The van der Waals surface area contributed by atoms with Gasteiger partial charge in [0.1, 0.15) is 5.60 Å². The summed E-state index contributed by atoms with van der Waals surface area (Å²) >= 11 is 0. The second-order valence-corrected chi connectivity index (χ2v) is 12.4. The van der Waals surface area contributed by atoms with E-state index in [1.165, 1.54) is 16.7 Å². The van der Waals surface area contributed by atoms with E-state index in [-0.39, 0.29) is 6.09 Å². The second-order valence-electron chi connectivity index (χ2n) is 12.4. The van der Waals surface area contributed by atoms with Crippen LogP contribution in [0.25, 0.3) is 0 Å². The van der Waals surface area contributed by atoms with Crippen LogP contribution in [0.15, 0.2) is 42.5 Å². The zero-order valence-electron chi connectivity index (χ0n) is 24.3. The van der Waals surface area contributed by atoms with Crippen molar-refractivity contribution in [2.45, 2.75) is 84.0 Å². The molecule has 0 aliphatic carbocycles. The van der Waals surface area contributed by atoms with E-state index in [1.807, 2.05) is 31.7 Å². The molecule has 0 aromatic heterocycles. The van der Waals surface area contributed by atoms with Gasteiger partial charge in [0.05, 0.1) is 0 Å². The van der Waals surface area contributed by atoms with Gasteiger partial charge in [-0.25, -0.2) is 4.79 Å². The zero-order chi connectivity index (χ0) is 27.6. The van der Waals surface area contributed by atoms with Crippen LogP contribution in [0.1, 0.15) is 70.2 Å². The summed E-state index contributed by atoms with van der Waals surface area (Å²) in [5, 5.41) is 0. The number of likely N-dealkylation sites (tertiary alicyclic amines) is 1. The summed E-state index contributed by atoms with van der Waals surface area (Å²) in [5.41, 5.74) is 3.58. The van der Waals surface area contributed by atoms with Gasteiger partial charge >= 0.3 is 6.09 Å². The Labute approximate surface area is 234 Å². The molecule has 7 heteroatoms. The molecule has 0 bridgehead atoms. The zero-order valence-corrected chi connectivity index (χ0v) is 24.3. The van der Waals surface area contributed by atoms with E-state index in [0.29, 0.717) is 24.9 Å². The van der Waals surface area contributed by atoms with E-state index >= 15 is 0 Å². The Morgan fingerprint density at radius 1 is 0.949 bits per heavy atom. The van der Waals surface area contributed by atoms with Crippen LogP contribution in [0.2, 0.25) is 0 Å². The number of benzene rings is 2. The molecule has 39 heavy (non-hydrogen) atoms. The number of carbonyl (C=O) groups excluding carboxylic acids is 1. The van der Waals surface area contributed by atoms with Crippen molar-refractivity contribution in [2.75, 3.05) is 39.5 Å². The predicted molar refractivity (Wildman–Crippen MR) is 153 cm³/mol. The van der Waals surface area contributed by atoms with Crippen LogP contribution in [-0.4, -0.2) is 78.0 Å². The van der Waals surface area contributed by atoms with Crippen molar-refractivity contribution < 1.29 is 19.0 Å². The number of fused-ring (bicyclic) bond motifs is 1. The van der Waals surface area contributed by atoms with Crippen molar-refractivity contribution in [1.82, 2.24) is 14.7 Å². The van der Waals surface area contributed by atoms with Crippen molar-refractivity contribution >= 4 is 6.09 Å². The monoisotopic (exact) mass is 535 g/mol. The Hall–Kier alpha value is -2.77. The van der Waals surface area contributed by atoms with E-state index in [0.717, 1.165) is 69.9 Å². The van der Waals surface area contributed by atoms with Crippen LogP contribution in [0, 0.1) is 0 Å². The van der Waals surface area contributed by atoms with Gasteiger partial charge in [-0.2, -0.15) is 0 Å². The van der Waals surface area contributed by atoms with E-state index in [1.54, 1.807) is 0 Å². The molecule has 1 amide bonds. The molecule has 0 spiro atoms. The first-order valence-corrected chi connectivity index (χ1v) is 14.6. The fourth-order valence-corrected chi connectivity index (χ4v) is 6.19. The lowest BCUT2D eigenvalue weighted by Gasteiger charge is -2.47.